The Balaban J connectivity index is 2.17. The summed E-state index contributed by atoms with van der Waals surface area (Å²) in [6.07, 6.45) is 5.98. The summed E-state index contributed by atoms with van der Waals surface area (Å²) in [6, 6.07) is 0.764. The quantitative estimate of drug-likeness (QED) is 0.542. The van der Waals surface area contributed by atoms with Gasteiger partial charge in [-0.25, -0.2) is 0 Å². The molecule has 0 amide bonds. The van der Waals surface area contributed by atoms with Crippen LogP contribution in [0.3, 0.4) is 0 Å². The molecular weight excluding hydrogens is 218 g/mol. The van der Waals surface area contributed by atoms with Crippen LogP contribution in [-0.4, -0.2) is 54.6 Å². The van der Waals surface area contributed by atoms with Crippen molar-refractivity contribution >= 4 is 17.2 Å². The van der Waals surface area contributed by atoms with Gasteiger partial charge in [-0.15, -0.1) is 0 Å². The highest BCUT2D eigenvalue weighted by Gasteiger charge is 2.23. The third kappa shape index (κ3) is 5.23. The molecule has 1 aliphatic heterocycles. The van der Waals surface area contributed by atoms with E-state index < -0.39 is 0 Å². The van der Waals surface area contributed by atoms with Crippen LogP contribution in [0.5, 0.6) is 0 Å². The second-order valence-electron chi connectivity index (χ2n) is 5.02. The Kier molecular flexibility index (Phi) is 6.24. The summed E-state index contributed by atoms with van der Waals surface area (Å²) in [5.74, 6) is 0. The number of likely N-dealkylation sites (N-methyl/N-ethyl adjacent to an activating group) is 1. The van der Waals surface area contributed by atoms with E-state index in [1.807, 2.05) is 0 Å². The summed E-state index contributed by atoms with van der Waals surface area (Å²) in [5, 5.41) is 0. The van der Waals surface area contributed by atoms with Gasteiger partial charge < -0.3 is 10.6 Å². The Morgan fingerprint density at radius 2 is 2.19 bits per heavy atom. The van der Waals surface area contributed by atoms with Crippen LogP contribution in [0.4, 0.5) is 0 Å². The fourth-order valence-electron chi connectivity index (χ4n) is 2.43. The summed E-state index contributed by atoms with van der Waals surface area (Å²) in [7, 11) is 4.31. The molecule has 0 saturated carbocycles. The van der Waals surface area contributed by atoms with Crippen LogP contribution in [-0.2, 0) is 0 Å². The third-order valence-corrected chi connectivity index (χ3v) is 3.40. The van der Waals surface area contributed by atoms with Crippen LogP contribution in [0.1, 0.15) is 32.1 Å². The van der Waals surface area contributed by atoms with Gasteiger partial charge in [0.2, 0.25) is 0 Å². The summed E-state index contributed by atoms with van der Waals surface area (Å²) in [4.78, 5) is 5.57. The van der Waals surface area contributed by atoms with Gasteiger partial charge in [0.15, 0.2) is 0 Å². The largest absolute Gasteiger partial charge is 0.393 e. The van der Waals surface area contributed by atoms with Crippen LogP contribution < -0.4 is 5.73 Å². The average molecular weight is 243 g/mol. The Morgan fingerprint density at radius 3 is 2.81 bits per heavy atom. The van der Waals surface area contributed by atoms with Crippen molar-refractivity contribution in [2.45, 2.75) is 38.1 Å². The Labute approximate surface area is 105 Å². The lowest BCUT2D eigenvalue weighted by atomic mass is 10.2. The topological polar surface area (TPSA) is 32.5 Å². The molecule has 0 bridgehead atoms. The number of hydrogen-bond donors (Lipinski definition) is 1. The summed E-state index contributed by atoms with van der Waals surface area (Å²) >= 11 is 4.88. The molecule has 0 spiro atoms. The molecule has 4 heteroatoms. The van der Waals surface area contributed by atoms with Gasteiger partial charge in [0.1, 0.15) is 0 Å². The highest BCUT2D eigenvalue weighted by atomic mass is 32.1. The standard InChI is InChI=1S/C12H25N3S/c1-14(2)10-11-6-5-9-15(11)8-4-3-7-12(13)16/h11H,3-10H2,1-2H3,(H2,13,16). The van der Waals surface area contributed by atoms with Gasteiger partial charge in [0.25, 0.3) is 0 Å². The van der Waals surface area contributed by atoms with Gasteiger partial charge in [-0.05, 0) is 59.3 Å². The highest BCUT2D eigenvalue weighted by molar-refractivity contribution is 7.80. The smallest absolute Gasteiger partial charge is 0.0727 e. The molecule has 1 rings (SSSR count). The van der Waals surface area contributed by atoms with Gasteiger partial charge in [-0.2, -0.15) is 0 Å². The zero-order chi connectivity index (χ0) is 12.0. The van der Waals surface area contributed by atoms with Crippen LogP contribution in [0.25, 0.3) is 0 Å². The number of unbranched alkanes of at least 4 members (excludes halogenated alkanes) is 1. The maximum atomic E-state index is 5.49. The number of thiocarbonyl (C=S) groups is 1. The predicted molar refractivity (Wildman–Crippen MR) is 73.8 cm³/mol. The van der Waals surface area contributed by atoms with Gasteiger partial charge in [-0.3, -0.25) is 4.90 Å². The molecule has 0 aromatic rings. The van der Waals surface area contributed by atoms with Crippen molar-refractivity contribution in [2.75, 3.05) is 33.7 Å². The molecule has 1 heterocycles. The maximum Gasteiger partial charge on any atom is 0.0727 e. The lowest BCUT2D eigenvalue weighted by Gasteiger charge is -2.26. The molecule has 2 N–H and O–H groups in total. The minimum absolute atomic E-state index is 0.659. The van der Waals surface area contributed by atoms with E-state index >= 15 is 0 Å². The molecule has 1 atom stereocenters. The van der Waals surface area contributed by atoms with Crippen molar-refractivity contribution < 1.29 is 0 Å². The van der Waals surface area contributed by atoms with Gasteiger partial charge in [0.05, 0.1) is 4.99 Å². The first-order chi connectivity index (χ1) is 7.59. The van der Waals surface area contributed by atoms with Crippen LogP contribution in [0, 0.1) is 0 Å². The second kappa shape index (κ2) is 7.20. The minimum Gasteiger partial charge on any atom is -0.393 e. The Morgan fingerprint density at radius 1 is 1.44 bits per heavy atom. The molecule has 1 unspecified atom stereocenters. The third-order valence-electron chi connectivity index (χ3n) is 3.19. The lowest BCUT2D eigenvalue weighted by molar-refractivity contribution is 0.205. The molecule has 0 radical (unpaired) electrons. The van der Waals surface area contributed by atoms with E-state index in [1.54, 1.807) is 0 Å². The number of hydrogen-bond acceptors (Lipinski definition) is 3. The van der Waals surface area contributed by atoms with E-state index in [0.717, 1.165) is 18.9 Å². The molecule has 0 aromatic carbocycles. The zero-order valence-electron chi connectivity index (χ0n) is 10.6. The molecule has 1 saturated heterocycles. The van der Waals surface area contributed by atoms with Crippen molar-refractivity contribution in [3.8, 4) is 0 Å². The SMILES string of the molecule is CN(C)CC1CCCN1CCCCC(N)=S. The predicted octanol–water partition coefficient (Wildman–Crippen LogP) is 1.47. The Hall–Kier alpha value is -0.190. The fraction of sp³-hybridized carbons (Fsp3) is 0.917. The molecule has 1 aliphatic rings. The van der Waals surface area contributed by atoms with E-state index in [-0.39, 0.29) is 0 Å². The first-order valence-electron chi connectivity index (χ1n) is 6.26. The first kappa shape index (κ1) is 13.9. The molecule has 94 valence electrons. The average Bonchev–Trinajstić information content (AvgIpc) is 2.59. The van der Waals surface area contributed by atoms with E-state index in [2.05, 4.69) is 23.9 Å². The Bertz CT molecular complexity index is 218. The first-order valence-corrected chi connectivity index (χ1v) is 6.67. The number of nitrogens with zero attached hydrogens (tertiary/aromatic N) is 2. The van der Waals surface area contributed by atoms with E-state index in [4.69, 9.17) is 18.0 Å². The molecule has 3 nitrogen and oxygen atoms in total. The van der Waals surface area contributed by atoms with Gasteiger partial charge in [0, 0.05) is 12.6 Å². The zero-order valence-corrected chi connectivity index (χ0v) is 11.4. The van der Waals surface area contributed by atoms with E-state index in [9.17, 15) is 0 Å². The van der Waals surface area contributed by atoms with Crippen molar-refractivity contribution in [2.24, 2.45) is 5.73 Å². The lowest BCUT2D eigenvalue weighted by Crippen LogP contribution is -2.38. The molecule has 0 aromatic heterocycles. The van der Waals surface area contributed by atoms with Crippen molar-refractivity contribution in [1.29, 1.82) is 0 Å². The summed E-state index contributed by atoms with van der Waals surface area (Å²) < 4.78 is 0. The molecule has 1 fully saturated rings. The minimum atomic E-state index is 0.659. The van der Waals surface area contributed by atoms with E-state index in [0.29, 0.717) is 4.99 Å². The molecule has 0 aliphatic carbocycles. The summed E-state index contributed by atoms with van der Waals surface area (Å²) in [5.41, 5.74) is 5.49. The normalized spacial score (nSPS) is 21.8. The monoisotopic (exact) mass is 243 g/mol. The van der Waals surface area contributed by atoms with E-state index in [1.165, 1.54) is 38.9 Å². The number of likely N-dealkylation sites (tertiary alicyclic amines) is 1. The van der Waals surface area contributed by atoms with Gasteiger partial charge in [-0.1, -0.05) is 12.2 Å². The number of rotatable bonds is 7. The van der Waals surface area contributed by atoms with Crippen molar-refractivity contribution in [3.63, 3.8) is 0 Å². The molecular formula is C12H25N3S. The highest BCUT2D eigenvalue weighted by Crippen LogP contribution is 2.18. The van der Waals surface area contributed by atoms with Crippen LogP contribution in [0.15, 0.2) is 0 Å². The second-order valence-corrected chi connectivity index (χ2v) is 5.54. The fourth-order valence-corrected chi connectivity index (χ4v) is 2.58. The van der Waals surface area contributed by atoms with Crippen LogP contribution >= 0.6 is 12.2 Å². The van der Waals surface area contributed by atoms with Crippen molar-refractivity contribution in [3.05, 3.63) is 0 Å². The summed E-state index contributed by atoms with van der Waals surface area (Å²) in [6.45, 7) is 3.67. The molecule has 16 heavy (non-hydrogen) atoms. The van der Waals surface area contributed by atoms with Gasteiger partial charge >= 0.3 is 0 Å². The van der Waals surface area contributed by atoms with Crippen LogP contribution in [0.2, 0.25) is 0 Å². The maximum absolute atomic E-state index is 5.49. The number of nitrogens with two attached hydrogens (primary N) is 1. The van der Waals surface area contributed by atoms with Crippen molar-refractivity contribution in [1.82, 2.24) is 9.80 Å².